The molecule has 0 radical (unpaired) electrons. The SMILES string of the molecule is O=C(Nc1cccc(OC(F)(F)F)c1)c1ccn(-c2cccc(F)c2)n1. The Kier molecular flexibility index (Phi) is 4.61. The summed E-state index contributed by atoms with van der Waals surface area (Å²) in [7, 11) is 0. The molecule has 0 unspecified atom stereocenters. The van der Waals surface area contributed by atoms with Gasteiger partial charge in [0.1, 0.15) is 11.6 Å². The number of anilines is 1. The first-order valence-corrected chi connectivity index (χ1v) is 7.29. The van der Waals surface area contributed by atoms with E-state index in [1.54, 1.807) is 6.07 Å². The Morgan fingerprint density at radius 2 is 1.85 bits per heavy atom. The first-order valence-electron chi connectivity index (χ1n) is 7.29. The zero-order valence-corrected chi connectivity index (χ0v) is 13.0. The molecule has 26 heavy (non-hydrogen) atoms. The fourth-order valence-electron chi connectivity index (χ4n) is 2.17. The molecule has 0 aliphatic heterocycles. The summed E-state index contributed by atoms with van der Waals surface area (Å²) in [5.41, 5.74) is 0.540. The van der Waals surface area contributed by atoms with Crippen molar-refractivity contribution in [1.82, 2.24) is 9.78 Å². The summed E-state index contributed by atoms with van der Waals surface area (Å²) < 4.78 is 55.1. The topological polar surface area (TPSA) is 56.1 Å². The van der Waals surface area contributed by atoms with E-state index in [9.17, 15) is 22.4 Å². The molecule has 9 heteroatoms. The van der Waals surface area contributed by atoms with Gasteiger partial charge < -0.3 is 10.1 Å². The maximum Gasteiger partial charge on any atom is 0.573 e. The number of carbonyl (C=O) groups is 1. The van der Waals surface area contributed by atoms with E-state index in [2.05, 4.69) is 15.2 Å². The Balaban J connectivity index is 1.74. The van der Waals surface area contributed by atoms with Crippen molar-refractivity contribution in [1.29, 1.82) is 0 Å². The molecule has 0 saturated heterocycles. The molecule has 3 aromatic rings. The number of ether oxygens (including phenoxy) is 1. The number of halogens is 4. The summed E-state index contributed by atoms with van der Waals surface area (Å²) in [5.74, 6) is -1.55. The van der Waals surface area contributed by atoms with Crippen LogP contribution >= 0.6 is 0 Å². The Morgan fingerprint density at radius 1 is 1.08 bits per heavy atom. The lowest BCUT2D eigenvalue weighted by Crippen LogP contribution is -2.17. The number of rotatable bonds is 4. The van der Waals surface area contributed by atoms with Crippen LogP contribution in [0.25, 0.3) is 5.69 Å². The molecule has 0 bridgehead atoms. The first-order chi connectivity index (χ1) is 12.3. The van der Waals surface area contributed by atoms with Crippen LogP contribution in [0.5, 0.6) is 5.75 Å². The second kappa shape index (κ2) is 6.87. The zero-order chi connectivity index (χ0) is 18.7. The maximum atomic E-state index is 13.2. The van der Waals surface area contributed by atoms with Crippen molar-refractivity contribution in [2.45, 2.75) is 6.36 Å². The maximum absolute atomic E-state index is 13.2. The number of alkyl halides is 3. The van der Waals surface area contributed by atoms with Crippen molar-refractivity contribution in [3.8, 4) is 11.4 Å². The lowest BCUT2D eigenvalue weighted by Gasteiger charge is -2.10. The zero-order valence-electron chi connectivity index (χ0n) is 13.0. The highest BCUT2D eigenvalue weighted by Crippen LogP contribution is 2.25. The van der Waals surface area contributed by atoms with E-state index < -0.39 is 23.8 Å². The number of nitrogens with one attached hydrogen (secondary N) is 1. The van der Waals surface area contributed by atoms with Gasteiger partial charge in [0.25, 0.3) is 5.91 Å². The summed E-state index contributed by atoms with van der Waals surface area (Å²) in [6.07, 6.45) is -3.36. The number of carbonyl (C=O) groups excluding carboxylic acids is 1. The summed E-state index contributed by atoms with van der Waals surface area (Å²) in [5, 5.41) is 6.45. The number of nitrogens with zero attached hydrogens (tertiary/aromatic N) is 2. The van der Waals surface area contributed by atoms with Crippen molar-refractivity contribution in [2.24, 2.45) is 0 Å². The highest BCUT2D eigenvalue weighted by Gasteiger charge is 2.31. The van der Waals surface area contributed by atoms with Crippen LogP contribution in [0.1, 0.15) is 10.5 Å². The molecule has 0 spiro atoms. The van der Waals surface area contributed by atoms with Crippen LogP contribution in [0.4, 0.5) is 23.2 Å². The minimum atomic E-state index is -4.83. The van der Waals surface area contributed by atoms with Crippen LogP contribution in [0.3, 0.4) is 0 Å². The minimum absolute atomic E-state index is 0.0106. The largest absolute Gasteiger partial charge is 0.573 e. The van der Waals surface area contributed by atoms with E-state index >= 15 is 0 Å². The Morgan fingerprint density at radius 3 is 2.58 bits per heavy atom. The van der Waals surface area contributed by atoms with Gasteiger partial charge in [0.05, 0.1) is 5.69 Å². The average molecular weight is 365 g/mol. The predicted octanol–water partition coefficient (Wildman–Crippen LogP) is 4.16. The summed E-state index contributed by atoms with van der Waals surface area (Å²) in [4.78, 5) is 12.2. The van der Waals surface area contributed by atoms with Gasteiger partial charge in [-0.2, -0.15) is 5.10 Å². The van der Waals surface area contributed by atoms with Gasteiger partial charge in [0, 0.05) is 18.0 Å². The molecule has 2 aromatic carbocycles. The van der Waals surface area contributed by atoms with Crippen LogP contribution in [0, 0.1) is 5.82 Å². The molecule has 0 saturated carbocycles. The molecular weight excluding hydrogens is 354 g/mol. The van der Waals surface area contributed by atoms with Gasteiger partial charge in [-0.15, -0.1) is 13.2 Å². The molecule has 0 aliphatic carbocycles. The standard InChI is InChI=1S/C17H11F4N3O2/c18-11-3-1-5-13(9-11)24-8-7-15(23-24)16(25)22-12-4-2-6-14(10-12)26-17(19,20)21/h1-10H,(H,22,25). The van der Waals surface area contributed by atoms with Gasteiger partial charge in [0.2, 0.25) is 0 Å². The van der Waals surface area contributed by atoms with Crippen molar-refractivity contribution in [2.75, 3.05) is 5.32 Å². The highest BCUT2D eigenvalue weighted by molar-refractivity contribution is 6.02. The van der Waals surface area contributed by atoms with Crippen molar-refractivity contribution >= 4 is 11.6 Å². The minimum Gasteiger partial charge on any atom is -0.406 e. The first kappa shape index (κ1) is 17.5. The van der Waals surface area contributed by atoms with Gasteiger partial charge in [-0.25, -0.2) is 9.07 Å². The van der Waals surface area contributed by atoms with Gasteiger partial charge in [-0.1, -0.05) is 12.1 Å². The number of aromatic nitrogens is 2. The number of amides is 1. The second-order valence-electron chi connectivity index (χ2n) is 5.16. The van der Waals surface area contributed by atoms with Crippen molar-refractivity contribution in [3.63, 3.8) is 0 Å². The molecule has 1 aromatic heterocycles. The molecule has 134 valence electrons. The Labute approximate surface area is 144 Å². The molecule has 0 aliphatic rings. The predicted molar refractivity (Wildman–Crippen MR) is 84.6 cm³/mol. The number of hydrogen-bond acceptors (Lipinski definition) is 3. The average Bonchev–Trinajstić information content (AvgIpc) is 3.03. The van der Waals surface area contributed by atoms with Gasteiger partial charge in [-0.05, 0) is 36.4 Å². The van der Waals surface area contributed by atoms with Gasteiger partial charge in [-0.3, -0.25) is 4.79 Å². The third-order valence-corrected chi connectivity index (χ3v) is 3.22. The molecular formula is C17H11F4N3O2. The fourth-order valence-corrected chi connectivity index (χ4v) is 2.17. The van der Waals surface area contributed by atoms with E-state index in [-0.39, 0.29) is 11.4 Å². The van der Waals surface area contributed by atoms with E-state index in [0.29, 0.717) is 5.69 Å². The molecule has 0 fully saturated rings. The van der Waals surface area contributed by atoms with Gasteiger partial charge in [0.15, 0.2) is 5.69 Å². The molecule has 1 heterocycles. The lowest BCUT2D eigenvalue weighted by molar-refractivity contribution is -0.274. The van der Waals surface area contributed by atoms with Crippen LogP contribution in [0.15, 0.2) is 60.8 Å². The fraction of sp³-hybridized carbons (Fsp3) is 0.0588. The van der Waals surface area contributed by atoms with Crippen LogP contribution in [0.2, 0.25) is 0 Å². The number of hydrogen-bond donors (Lipinski definition) is 1. The molecule has 3 rings (SSSR count). The van der Waals surface area contributed by atoms with E-state index in [1.807, 2.05) is 0 Å². The lowest BCUT2D eigenvalue weighted by atomic mass is 10.3. The third kappa shape index (κ3) is 4.38. The number of benzene rings is 2. The Hall–Kier alpha value is -3.36. The summed E-state index contributed by atoms with van der Waals surface area (Å²) in [6, 6.07) is 11.9. The van der Waals surface area contributed by atoms with E-state index in [0.717, 1.165) is 12.1 Å². The molecule has 0 atom stereocenters. The quantitative estimate of drug-likeness (QED) is 0.707. The van der Waals surface area contributed by atoms with Crippen LogP contribution < -0.4 is 10.1 Å². The smallest absolute Gasteiger partial charge is 0.406 e. The Bertz CT molecular complexity index is 938. The van der Waals surface area contributed by atoms with Gasteiger partial charge >= 0.3 is 6.36 Å². The van der Waals surface area contributed by atoms with Crippen LogP contribution in [-0.2, 0) is 0 Å². The molecule has 1 N–H and O–H groups in total. The second-order valence-corrected chi connectivity index (χ2v) is 5.16. The highest BCUT2D eigenvalue weighted by atomic mass is 19.4. The molecule has 1 amide bonds. The normalized spacial score (nSPS) is 11.2. The van der Waals surface area contributed by atoms with Crippen molar-refractivity contribution in [3.05, 3.63) is 72.3 Å². The molecule has 5 nitrogen and oxygen atoms in total. The summed E-state index contributed by atoms with van der Waals surface area (Å²) in [6.45, 7) is 0. The van der Waals surface area contributed by atoms with Crippen molar-refractivity contribution < 1.29 is 27.1 Å². The third-order valence-electron chi connectivity index (χ3n) is 3.22. The van der Waals surface area contributed by atoms with E-state index in [4.69, 9.17) is 0 Å². The van der Waals surface area contributed by atoms with E-state index in [1.165, 1.54) is 47.3 Å². The monoisotopic (exact) mass is 365 g/mol. The summed E-state index contributed by atoms with van der Waals surface area (Å²) >= 11 is 0. The van der Waals surface area contributed by atoms with Crippen LogP contribution in [-0.4, -0.2) is 22.1 Å².